The molecule has 1 aromatic carbocycles. The van der Waals surface area contributed by atoms with Crippen LogP contribution in [0.3, 0.4) is 0 Å². The summed E-state index contributed by atoms with van der Waals surface area (Å²) in [6, 6.07) is 10.3. The molecule has 0 N–H and O–H groups in total. The molecule has 0 bridgehead atoms. The second-order valence-corrected chi connectivity index (χ2v) is 9.39. The number of nitrogens with zero attached hydrogens (tertiary/aromatic N) is 5. The first-order chi connectivity index (χ1) is 16.8. The van der Waals surface area contributed by atoms with E-state index in [4.69, 9.17) is 29.4 Å². The van der Waals surface area contributed by atoms with Gasteiger partial charge >= 0.3 is 0 Å². The summed E-state index contributed by atoms with van der Waals surface area (Å²) >= 11 is 1.90. The summed E-state index contributed by atoms with van der Waals surface area (Å²) in [6.07, 6.45) is 10.5. The highest BCUT2D eigenvalue weighted by atomic mass is 32.2. The summed E-state index contributed by atoms with van der Waals surface area (Å²) in [5.41, 5.74) is 0.879. The lowest BCUT2D eigenvalue weighted by Gasteiger charge is -2.22. The normalized spacial score (nSPS) is 14.5. The van der Waals surface area contributed by atoms with Crippen LogP contribution in [0.4, 0.5) is 0 Å². The van der Waals surface area contributed by atoms with Crippen LogP contribution in [0, 0.1) is 0 Å². The van der Waals surface area contributed by atoms with Gasteiger partial charge in [-0.1, -0.05) is 18.6 Å². The minimum absolute atomic E-state index is 0.371. The lowest BCUT2D eigenvalue weighted by atomic mass is 10.1. The Kier molecular flexibility index (Phi) is 9.41. The molecule has 0 atom stereocenters. The van der Waals surface area contributed by atoms with Gasteiger partial charge in [0.05, 0.1) is 18.2 Å². The highest BCUT2D eigenvalue weighted by molar-refractivity contribution is 7.98. The maximum atomic E-state index is 5.95. The lowest BCUT2D eigenvalue weighted by Crippen LogP contribution is -2.20. The maximum Gasteiger partial charge on any atom is 0.185 e. The van der Waals surface area contributed by atoms with Crippen molar-refractivity contribution in [3.8, 4) is 23.0 Å². The lowest BCUT2D eigenvalue weighted by molar-refractivity contribution is 0.0662. The van der Waals surface area contributed by atoms with Gasteiger partial charge in [0.15, 0.2) is 11.6 Å². The first kappa shape index (κ1) is 24.8. The van der Waals surface area contributed by atoms with Crippen molar-refractivity contribution in [1.29, 1.82) is 0 Å². The molecule has 9 heteroatoms. The molecule has 184 valence electrons. The Labute approximate surface area is 206 Å². The molecular weight excluding hydrogens is 450 g/mol. The van der Waals surface area contributed by atoms with Crippen LogP contribution < -0.4 is 4.74 Å². The molecule has 34 heavy (non-hydrogen) atoms. The smallest absolute Gasteiger partial charge is 0.185 e. The van der Waals surface area contributed by atoms with Gasteiger partial charge in [0.1, 0.15) is 18.2 Å². The molecule has 0 aliphatic carbocycles. The zero-order valence-corrected chi connectivity index (χ0v) is 21.0. The number of aryl methyl sites for hydroxylation is 1. The van der Waals surface area contributed by atoms with E-state index >= 15 is 0 Å². The van der Waals surface area contributed by atoms with Gasteiger partial charge in [-0.05, 0) is 49.8 Å². The summed E-state index contributed by atoms with van der Waals surface area (Å²) in [4.78, 5) is 4.95. The first-order valence-electron chi connectivity index (χ1n) is 12.1. The van der Waals surface area contributed by atoms with Crippen molar-refractivity contribution < 1.29 is 14.2 Å². The van der Waals surface area contributed by atoms with Crippen molar-refractivity contribution in [2.45, 2.75) is 44.6 Å². The number of benzene rings is 1. The van der Waals surface area contributed by atoms with Gasteiger partial charge in [-0.2, -0.15) is 21.5 Å². The molecule has 1 saturated heterocycles. The first-order valence-corrected chi connectivity index (χ1v) is 13.5. The van der Waals surface area contributed by atoms with Gasteiger partial charge in [0.2, 0.25) is 0 Å². The molecule has 0 unspecified atom stereocenters. The highest BCUT2D eigenvalue weighted by Crippen LogP contribution is 2.29. The third kappa shape index (κ3) is 6.40. The second-order valence-electron chi connectivity index (χ2n) is 8.40. The maximum absolute atomic E-state index is 5.95. The average Bonchev–Trinajstić information content (AvgIpc) is 3.52. The van der Waals surface area contributed by atoms with Crippen LogP contribution in [0.2, 0.25) is 0 Å². The Morgan fingerprint density at radius 2 is 1.91 bits per heavy atom. The topological polar surface area (TPSA) is 76.2 Å². The number of thioether (sulfide) groups is 1. The number of aromatic nitrogens is 5. The van der Waals surface area contributed by atoms with Crippen molar-refractivity contribution in [2.75, 3.05) is 45.5 Å². The fourth-order valence-corrected chi connectivity index (χ4v) is 4.61. The molecular formula is C25H35N5O3S. The fourth-order valence-electron chi connectivity index (χ4n) is 4.12. The minimum Gasteiger partial charge on any atom is -0.490 e. The summed E-state index contributed by atoms with van der Waals surface area (Å²) in [6.45, 7) is 2.58. The minimum atomic E-state index is 0.371. The van der Waals surface area contributed by atoms with Crippen LogP contribution in [-0.2, 0) is 15.9 Å². The SMILES string of the molecule is COCCOc1ccccc1-c1nc(CCCCCSC)n(-c2ccn(C3CCOCC3)n2)n1. The Morgan fingerprint density at radius 3 is 2.74 bits per heavy atom. The number of para-hydroxylation sites is 1. The van der Waals surface area contributed by atoms with Crippen LogP contribution in [-0.4, -0.2) is 70.1 Å². The van der Waals surface area contributed by atoms with E-state index in [0.717, 1.165) is 61.9 Å². The van der Waals surface area contributed by atoms with Gasteiger partial charge in [-0.3, -0.25) is 4.68 Å². The Bertz CT molecular complexity index is 1020. The van der Waals surface area contributed by atoms with Crippen molar-refractivity contribution in [3.63, 3.8) is 0 Å². The molecule has 0 radical (unpaired) electrons. The van der Waals surface area contributed by atoms with E-state index in [1.54, 1.807) is 7.11 Å². The molecule has 3 heterocycles. The predicted octanol–water partition coefficient (Wildman–Crippen LogP) is 4.58. The fraction of sp³-hybridized carbons (Fsp3) is 0.560. The van der Waals surface area contributed by atoms with Gasteiger partial charge in [0, 0.05) is 39.0 Å². The van der Waals surface area contributed by atoms with Gasteiger partial charge < -0.3 is 14.2 Å². The number of hydrogen-bond donors (Lipinski definition) is 0. The van der Waals surface area contributed by atoms with E-state index in [2.05, 4.69) is 17.1 Å². The highest BCUT2D eigenvalue weighted by Gasteiger charge is 2.20. The number of unbranched alkanes of at least 4 members (excludes halogenated alkanes) is 2. The summed E-state index contributed by atoms with van der Waals surface area (Å²) in [7, 11) is 1.67. The molecule has 0 spiro atoms. The molecule has 1 aliphatic rings. The molecule has 1 aliphatic heterocycles. The number of hydrogen-bond acceptors (Lipinski definition) is 7. The Hall–Kier alpha value is -2.36. The summed E-state index contributed by atoms with van der Waals surface area (Å²) in [5.74, 6) is 4.36. The second kappa shape index (κ2) is 12.9. The van der Waals surface area contributed by atoms with Crippen LogP contribution in [0.1, 0.15) is 44.0 Å². The van der Waals surface area contributed by atoms with E-state index in [0.29, 0.717) is 25.1 Å². The summed E-state index contributed by atoms with van der Waals surface area (Å²) in [5, 5.41) is 9.79. The van der Waals surface area contributed by atoms with Crippen molar-refractivity contribution >= 4 is 11.8 Å². The molecule has 1 fully saturated rings. The van der Waals surface area contributed by atoms with Crippen molar-refractivity contribution in [2.24, 2.45) is 0 Å². The zero-order chi connectivity index (χ0) is 23.6. The third-order valence-corrected chi connectivity index (χ3v) is 6.67. The zero-order valence-electron chi connectivity index (χ0n) is 20.2. The quantitative estimate of drug-likeness (QED) is 0.328. The van der Waals surface area contributed by atoms with E-state index in [9.17, 15) is 0 Å². The Morgan fingerprint density at radius 1 is 1.06 bits per heavy atom. The van der Waals surface area contributed by atoms with Gasteiger partial charge in [-0.25, -0.2) is 4.98 Å². The predicted molar refractivity (Wildman–Crippen MR) is 135 cm³/mol. The van der Waals surface area contributed by atoms with E-state index < -0.39 is 0 Å². The van der Waals surface area contributed by atoms with Crippen LogP contribution >= 0.6 is 11.8 Å². The third-order valence-electron chi connectivity index (χ3n) is 5.97. The van der Waals surface area contributed by atoms with Gasteiger partial charge in [-0.15, -0.1) is 5.10 Å². The van der Waals surface area contributed by atoms with Gasteiger partial charge in [0.25, 0.3) is 0 Å². The van der Waals surface area contributed by atoms with E-state index in [-0.39, 0.29) is 0 Å². The molecule has 3 aromatic rings. The number of rotatable bonds is 13. The van der Waals surface area contributed by atoms with E-state index in [1.807, 2.05) is 46.8 Å². The van der Waals surface area contributed by atoms with Crippen molar-refractivity contribution in [1.82, 2.24) is 24.5 Å². The number of methoxy groups -OCH3 is 1. The molecule has 8 nitrogen and oxygen atoms in total. The largest absolute Gasteiger partial charge is 0.490 e. The van der Waals surface area contributed by atoms with Crippen LogP contribution in [0.15, 0.2) is 36.5 Å². The standard InChI is InChI=1S/C25H35N5O3S/c1-31-17-18-33-22-9-6-5-8-21(22)25-26-23(10-4-3-7-19-34-2)30(28-25)24-11-14-29(27-24)20-12-15-32-16-13-20/h5-6,8-9,11,14,20H,3-4,7,10,12-13,15-19H2,1-2H3. The van der Waals surface area contributed by atoms with Crippen LogP contribution in [0.5, 0.6) is 5.75 Å². The molecule has 0 saturated carbocycles. The van der Waals surface area contributed by atoms with Crippen LogP contribution in [0.25, 0.3) is 17.2 Å². The molecule has 0 amide bonds. The summed E-state index contributed by atoms with van der Waals surface area (Å²) < 4.78 is 20.6. The molecule has 2 aromatic heterocycles. The monoisotopic (exact) mass is 485 g/mol. The van der Waals surface area contributed by atoms with E-state index in [1.165, 1.54) is 18.6 Å². The van der Waals surface area contributed by atoms with Crippen molar-refractivity contribution in [3.05, 3.63) is 42.4 Å². The average molecular weight is 486 g/mol. The number of ether oxygens (including phenoxy) is 3. The Balaban J connectivity index is 1.60. The molecule has 4 rings (SSSR count).